The van der Waals surface area contributed by atoms with E-state index >= 15 is 0 Å². The van der Waals surface area contributed by atoms with Crippen molar-refractivity contribution in [1.82, 2.24) is 14.5 Å². The number of fused-ring (bicyclic) bond motifs is 1. The minimum absolute atomic E-state index is 0.127. The van der Waals surface area contributed by atoms with Gasteiger partial charge in [-0.15, -0.1) is 10.2 Å². The van der Waals surface area contributed by atoms with Crippen molar-refractivity contribution in [2.45, 2.75) is 13.0 Å². The van der Waals surface area contributed by atoms with Gasteiger partial charge in [-0.05, 0) is 18.2 Å². The predicted octanol–water partition coefficient (Wildman–Crippen LogP) is 6.87. The number of benzene rings is 3. The number of nitrogens with one attached hydrogen (secondary N) is 1. The van der Waals surface area contributed by atoms with E-state index in [-0.39, 0.29) is 18.0 Å². The molecule has 2 aromatic heterocycles. The maximum atomic E-state index is 12.6. The highest BCUT2D eigenvalue weighted by Crippen LogP contribution is 2.37. The predicted molar refractivity (Wildman–Crippen MR) is 135 cm³/mol. The third kappa shape index (κ3) is 4.40. The number of nitrogens with zero attached hydrogens (tertiary/aromatic N) is 4. The first-order valence-corrected chi connectivity index (χ1v) is 11.5. The van der Waals surface area contributed by atoms with Gasteiger partial charge in [-0.3, -0.25) is 4.79 Å². The second-order valence-corrected chi connectivity index (χ2v) is 8.64. The third-order valence-corrected chi connectivity index (χ3v) is 5.97. The lowest BCUT2D eigenvalue weighted by atomic mass is 10.0. The zero-order valence-electron chi connectivity index (χ0n) is 18.0. The van der Waals surface area contributed by atoms with Crippen molar-refractivity contribution in [3.63, 3.8) is 0 Å². The molecule has 0 aliphatic carbocycles. The Labute approximate surface area is 203 Å². The zero-order valence-corrected chi connectivity index (χ0v) is 19.6. The number of carbonyl (C=O) groups is 1. The van der Waals surface area contributed by atoms with Crippen molar-refractivity contribution in [2.75, 3.05) is 0 Å². The van der Waals surface area contributed by atoms with E-state index in [1.165, 1.54) is 0 Å². The van der Waals surface area contributed by atoms with Gasteiger partial charge in [-0.1, -0.05) is 76.6 Å². The van der Waals surface area contributed by atoms with Crippen LogP contribution >= 0.6 is 15.9 Å². The lowest BCUT2D eigenvalue weighted by molar-refractivity contribution is -0.118. The number of aryl methyl sites for hydroxylation is 1. The fourth-order valence-electron chi connectivity index (χ4n) is 3.87. The van der Waals surface area contributed by atoms with Crippen molar-refractivity contribution < 1.29 is 9.90 Å². The first-order chi connectivity index (χ1) is 16.6. The minimum atomic E-state index is -0.391. The second kappa shape index (κ2) is 9.44. The molecule has 168 valence electrons. The van der Waals surface area contributed by atoms with Crippen LogP contribution in [0.3, 0.4) is 0 Å². The topological polar surface area (TPSA) is 95.6 Å². The summed E-state index contributed by atoms with van der Waals surface area (Å²) in [6.07, 6.45) is 1.89. The summed E-state index contributed by atoms with van der Waals surface area (Å²) < 4.78 is 2.80. The van der Waals surface area contributed by atoms with Crippen molar-refractivity contribution in [1.29, 1.82) is 0 Å². The first-order valence-electron chi connectivity index (χ1n) is 10.7. The Hall–Kier alpha value is -4.04. The molecule has 8 heteroatoms. The van der Waals surface area contributed by atoms with Gasteiger partial charge in [-0.2, -0.15) is 0 Å². The fourth-order valence-corrected chi connectivity index (χ4v) is 4.23. The van der Waals surface area contributed by atoms with Crippen LogP contribution in [-0.4, -0.2) is 25.5 Å². The molecule has 0 saturated heterocycles. The molecule has 5 aromatic rings. The average Bonchev–Trinajstić information content (AvgIpc) is 3.42. The molecule has 0 saturated carbocycles. The van der Waals surface area contributed by atoms with Crippen LogP contribution in [0, 0.1) is 0 Å². The summed E-state index contributed by atoms with van der Waals surface area (Å²) in [4.78, 5) is 20.0. The molecule has 34 heavy (non-hydrogen) atoms. The summed E-state index contributed by atoms with van der Waals surface area (Å²) in [5, 5.41) is 18.7. The number of aromatic hydroxyl groups is 1. The number of carbonyl (C=O) groups excluding carboxylic acids is 1. The van der Waals surface area contributed by atoms with Crippen LogP contribution in [0.15, 0.2) is 99.9 Å². The Morgan fingerprint density at radius 1 is 1.00 bits per heavy atom. The molecule has 7 nitrogen and oxygen atoms in total. The Kier molecular flexibility index (Phi) is 6.05. The maximum Gasteiger partial charge on any atom is 0.266 e. The van der Waals surface area contributed by atoms with Gasteiger partial charge in [0.1, 0.15) is 0 Å². The van der Waals surface area contributed by atoms with E-state index in [2.05, 4.69) is 36.1 Å². The molecule has 2 heterocycles. The highest BCUT2D eigenvalue weighted by Gasteiger charge is 2.16. The van der Waals surface area contributed by atoms with Gasteiger partial charge < -0.3 is 14.7 Å². The lowest BCUT2D eigenvalue weighted by Gasteiger charge is -2.10. The molecule has 5 rings (SSSR count). The molecular weight excluding hydrogens is 494 g/mol. The molecule has 1 amide bonds. The highest BCUT2D eigenvalue weighted by molar-refractivity contribution is 9.10. The smallest absolute Gasteiger partial charge is 0.266 e. The third-order valence-electron chi connectivity index (χ3n) is 5.47. The van der Waals surface area contributed by atoms with Gasteiger partial charge >= 0.3 is 0 Å². The summed E-state index contributed by atoms with van der Waals surface area (Å²) in [5.41, 5.74) is 4.77. The highest BCUT2D eigenvalue weighted by atomic mass is 79.9. The number of aromatic amines is 1. The first kappa shape index (κ1) is 21.8. The van der Waals surface area contributed by atoms with Crippen molar-refractivity contribution in [3.05, 3.63) is 89.7 Å². The van der Waals surface area contributed by atoms with Crippen LogP contribution < -0.4 is 0 Å². The van der Waals surface area contributed by atoms with E-state index in [1.807, 2.05) is 83.4 Å². The molecule has 0 bridgehead atoms. The van der Waals surface area contributed by atoms with E-state index in [0.717, 1.165) is 27.0 Å². The molecule has 0 aliphatic rings. The van der Waals surface area contributed by atoms with Crippen LogP contribution in [0.1, 0.15) is 6.42 Å². The summed E-state index contributed by atoms with van der Waals surface area (Å²) in [7, 11) is 0. The summed E-state index contributed by atoms with van der Waals surface area (Å²) >= 11 is 3.41. The Bertz CT molecular complexity index is 1490. The molecule has 0 spiro atoms. The van der Waals surface area contributed by atoms with Gasteiger partial charge in [-0.25, -0.2) is 4.98 Å². The van der Waals surface area contributed by atoms with Crippen LogP contribution in [0.5, 0.6) is 5.88 Å². The van der Waals surface area contributed by atoms with E-state index in [9.17, 15) is 9.90 Å². The molecule has 0 radical (unpaired) electrons. The SMILES string of the molecule is O=C(CCn1cnc(-c2ccccc2)c1-c1ccccc1)N=Nc1c(O)[nH]c2ccc(Br)cc12. The summed E-state index contributed by atoms with van der Waals surface area (Å²) in [6.45, 7) is 0.396. The van der Waals surface area contributed by atoms with E-state index in [4.69, 9.17) is 0 Å². The summed E-state index contributed by atoms with van der Waals surface area (Å²) in [5.74, 6) is -0.518. The number of aromatic nitrogens is 3. The van der Waals surface area contributed by atoms with Crippen LogP contribution in [-0.2, 0) is 11.3 Å². The number of hydrogen-bond acceptors (Lipinski definition) is 4. The van der Waals surface area contributed by atoms with Crippen LogP contribution in [0.2, 0.25) is 0 Å². The van der Waals surface area contributed by atoms with Gasteiger partial charge in [0.25, 0.3) is 5.91 Å². The van der Waals surface area contributed by atoms with Crippen molar-refractivity contribution >= 4 is 38.4 Å². The normalized spacial score (nSPS) is 11.4. The standard InChI is InChI=1S/C26H20BrN5O2/c27-19-11-12-21-20(15-19)24(26(34)29-21)31-30-22(33)13-14-32-16-28-23(17-7-3-1-4-8-17)25(32)18-9-5-2-6-10-18/h1-12,15-16,29,34H,13-14H2. The zero-order chi connectivity index (χ0) is 23.5. The second-order valence-electron chi connectivity index (χ2n) is 7.72. The molecule has 0 aliphatic heterocycles. The monoisotopic (exact) mass is 513 g/mol. The molecule has 0 atom stereocenters. The van der Waals surface area contributed by atoms with Crippen LogP contribution in [0.4, 0.5) is 5.69 Å². The minimum Gasteiger partial charge on any atom is -0.493 e. The number of amides is 1. The average molecular weight is 514 g/mol. The van der Waals surface area contributed by atoms with E-state index < -0.39 is 5.91 Å². The Balaban J connectivity index is 1.39. The number of hydrogen-bond donors (Lipinski definition) is 2. The Morgan fingerprint density at radius 3 is 2.44 bits per heavy atom. The Morgan fingerprint density at radius 2 is 1.71 bits per heavy atom. The molecule has 0 unspecified atom stereocenters. The number of imidazole rings is 1. The number of rotatable bonds is 6. The number of H-pyrrole nitrogens is 1. The molecular formula is C26H20BrN5O2. The van der Waals surface area contributed by atoms with E-state index in [0.29, 0.717) is 17.4 Å². The number of halogens is 1. The van der Waals surface area contributed by atoms with Gasteiger partial charge in [0.2, 0.25) is 5.88 Å². The maximum absolute atomic E-state index is 12.6. The quantitative estimate of drug-likeness (QED) is 0.242. The molecule has 3 aromatic carbocycles. The molecule has 0 fully saturated rings. The van der Waals surface area contributed by atoms with Gasteiger partial charge in [0.15, 0.2) is 5.69 Å². The summed E-state index contributed by atoms with van der Waals surface area (Å²) in [6, 6.07) is 25.4. The molecule has 2 N–H and O–H groups in total. The number of azo groups is 1. The van der Waals surface area contributed by atoms with Gasteiger partial charge in [0, 0.05) is 34.0 Å². The van der Waals surface area contributed by atoms with E-state index in [1.54, 1.807) is 6.33 Å². The van der Waals surface area contributed by atoms with Gasteiger partial charge in [0.05, 0.1) is 23.2 Å². The van der Waals surface area contributed by atoms with Crippen molar-refractivity contribution in [2.24, 2.45) is 10.2 Å². The van der Waals surface area contributed by atoms with Crippen molar-refractivity contribution in [3.8, 4) is 28.4 Å². The lowest BCUT2D eigenvalue weighted by Crippen LogP contribution is -2.04. The van der Waals surface area contributed by atoms with Crippen LogP contribution in [0.25, 0.3) is 33.4 Å². The largest absolute Gasteiger partial charge is 0.493 e. The fraction of sp³-hybridized carbons (Fsp3) is 0.0769.